The molecule has 0 aliphatic rings. The second kappa shape index (κ2) is 10.2. The van der Waals surface area contributed by atoms with Gasteiger partial charge in [0.05, 0.1) is 20.3 Å². The number of urea groups is 1. The van der Waals surface area contributed by atoms with Gasteiger partial charge in [0, 0.05) is 0 Å². The van der Waals surface area contributed by atoms with Crippen LogP contribution >= 0.6 is 0 Å². The highest BCUT2D eigenvalue weighted by Crippen LogP contribution is 2.18. The number of nitrogens with two attached hydrogens (primary N) is 1. The Kier molecular flexibility index (Phi) is 9.92. The highest BCUT2D eigenvalue weighted by atomic mass is 16.5. The van der Waals surface area contributed by atoms with Crippen molar-refractivity contribution in [1.29, 1.82) is 5.26 Å². The normalized spacial score (nSPS) is 12.1. The van der Waals surface area contributed by atoms with Crippen LogP contribution in [0, 0.1) is 11.3 Å². The maximum absolute atomic E-state index is 11.3. The monoisotopic (exact) mass is 370 g/mol. The van der Waals surface area contributed by atoms with Gasteiger partial charge < -0.3 is 15.2 Å². The zero-order chi connectivity index (χ0) is 21.2. The summed E-state index contributed by atoms with van der Waals surface area (Å²) in [6.45, 7) is 9.26. The number of carbonyl (C=O) groups excluding carboxylic acids is 3. The molecule has 146 valence electrons. The van der Waals surface area contributed by atoms with Crippen LogP contribution in [0.15, 0.2) is 20.5 Å². The summed E-state index contributed by atoms with van der Waals surface area (Å²) < 4.78 is 9.12. The van der Waals surface area contributed by atoms with Gasteiger partial charge in [-0.15, -0.1) is 0 Å². The summed E-state index contributed by atoms with van der Waals surface area (Å²) in [7, 11) is 2.54. The Morgan fingerprint density at radius 1 is 0.846 bits per heavy atom. The van der Waals surface area contributed by atoms with E-state index in [1.165, 1.54) is 28.1 Å². The van der Waals surface area contributed by atoms with Gasteiger partial charge >= 0.3 is 18.0 Å². The number of hydrogen-bond acceptors (Lipinski definition) is 9. The summed E-state index contributed by atoms with van der Waals surface area (Å²) in [5.41, 5.74) is 1.46. The van der Waals surface area contributed by atoms with Crippen LogP contribution < -0.4 is 5.73 Å². The lowest BCUT2D eigenvalue weighted by atomic mass is 10.1. The van der Waals surface area contributed by atoms with Crippen LogP contribution in [0.5, 0.6) is 0 Å². The van der Waals surface area contributed by atoms with Crippen molar-refractivity contribution in [2.75, 3.05) is 14.2 Å². The molecular formula is C15H26N6O5. The number of hydrogen-bond donors (Lipinski definition) is 1. The van der Waals surface area contributed by atoms with E-state index in [9.17, 15) is 14.4 Å². The second-order valence-electron chi connectivity index (χ2n) is 6.51. The Hall–Kier alpha value is -2.90. The van der Waals surface area contributed by atoms with Crippen molar-refractivity contribution in [1.82, 2.24) is 0 Å². The van der Waals surface area contributed by atoms with Gasteiger partial charge in [0.2, 0.25) is 0 Å². The first-order valence-corrected chi connectivity index (χ1v) is 7.39. The molecule has 0 saturated carbocycles. The molecule has 0 rings (SSSR count). The number of rotatable bonds is 5. The van der Waals surface area contributed by atoms with Gasteiger partial charge in [-0.05, 0) is 41.5 Å². The van der Waals surface area contributed by atoms with Crippen molar-refractivity contribution in [3.63, 3.8) is 0 Å². The first-order chi connectivity index (χ1) is 11.6. The van der Waals surface area contributed by atoms with Crippen LogP contribution in [0.25, 0.3) is 0 Å². The number of nitrogens with zero attached hydrogens (tertiary/aromatic N) is 5. The van der Waals surface area contributed by atoms with E-state index in [4.69, 9.17) is 5.26 Å². The Morgan fingerprint density at radius 3 is 1.42 bits per heavy atom. The quantitative estimate of drug-likeness (QED) is 0.574. The van der Waals surface area contributed by atoms with E-state index >= 15 is 0 Å². The fourth-order valence-electron chi connectivity index (χ4n) is 1.03. The lowest BCUT2D eigenvalue weighted by molar-refractivity contribution is -0.148. The molecular weight excluding hydrogens is 344 g/mol. The molecule has 0 aromatic heterocycles. The summed E-state index contributed by atoms with van der Waals surface area (Å²) in [6.07, 6.45) is 0. The van der Waals surface area contributed by atoms with Gasteiger partial charge in [-0.1, -0.05) is 5.11 Å². The molecule has 0 aliphatic heterocycles. The minimum absolute atomic E-state index is 0.517. The topological polar surface area (TPSA) is 169 Å². The van der Waals surface area contributed by atoms with Crippen LogP contribution in [0.3, 0.4) is 0 Å². The molecule has 0 aromatic carbocycles. The number of azo groups is 2. The zero-order valence-corrected chi connectivity index (χ0v) is 16.4. The third kappa shape index (κ3) is 10.1. The Balaban J connectivity index is 0. The third-order valence-electron chi connectivity index (χ3n) is 2.59. The predicted octanol–water partition coefficient (Wildman–Crippen LogP) is 2.16. The molecule has 0 heterocycles. The van der Waals surface area contributed by atoms with E-state index in [1.807, 2.05) is 6.07 Å². The van der Waals surface area contributed by atoms with Gasteiger partial charge in [-0.2, -0.15) is 20.6 Å². The van der Waals surface area contributed by atoms with Crippen molar-refractivity contribution in [2.24, 2.45) is 26.2 Å². The van der Waals surface area contributed by atoms with Crippen molar-refractivity contribution < 1.29 is 23.9 Å². The zero-order valence-electron chi connectivity index (χ0n) is 16.4. The molecule has 0 aromatic rings. The lowest BCUT2D eigenvalue weighted by Gasteiger charge is -2.19. The van der Waals surface area contributed by atoms with Crippen LogP contribution in [-0.2, 0) is 19.1 Å². The number of carbonyl (C=O) groups is 3. The van der Waals surface area contributed by atoms with E-state index in [2.05, 4.69) is 35.7 Å². The van der Waals surface area contributed by atoms with Crippen molar-refractivity contribution >= 4 is 18.0 Å². The number of nitriles is 1. The molecule has 0 radical (unpaired) electrons. The van der Waals surface area contributed by atoms with Crippen molar-refractivity contribution in [3.8, 4) is 6.07 Å². The maximum Gasteiger partial charge on any atom is 0.356 e. The summed E-state index contributed by atoms with van der Waals surface area (Å²) in [5, 5.41) is 22.4. The molecule has 26 heavy (non-hydrogen) atoms. The van der Waals surface area contributed by atoms with Crippen LogP contribution in [0.1, 0.15) is 41.5 Å². The van der Waals surface area contributed by atoms with Gasteiger partial charge in [-0.3, -0.25) is 0 Å². The van der Waals surface area contributed by atoms with Crippen LogP contribution in [0.2, 0.25) is 0 Å². The predicted molar refractivity (Wildman–Crippen MR) is 91.2 cm³/mol. The molecule has 0 bridgehead atoms. The smallest absolute Gasteiger partial charge is 0.356 e. The number of esters is 2. The number of methoxy groups -OCH3 is 2. The molecule has 2 N–H and O–H groups in total. The fourth-order valence-corrected chi connectivity index (χ4v) is 1.03. The molecule has 0 aliphatic carbocycles. The van der Waals surface area contributed by atoms with E-state index in [1.54, 1.807) is 27.7 Å². The number of amides is 2. The molecule has 0 unspecified atom stereocenters. The minimum Gasteiger partial charge on any atom is -0.467 e. The minimum atomic E-state index is -1.11. The Labute approximate surface area is 152 Å². The molecule has 0 atom stereocenters. The fraction of sp³-hybridized carbons (Fsp3) is 0.733. The van der Waals surface area contributed by atoms with E-state index in [-0.39, 0.29) is 0 Å². The number of primary amides is 1. The second-order valence-corrected chi connectivity index (χ2v) is 6.51. The summed E-state index contributed by atoms with van der Waals surface area (Å²) >= 11 is 0. The summed E-state index contributed by atoms with van der Waals surface area (Å²) in [4.78, 5) is 32.6. The van der Waals surface area contributed by atoms with Gasteiger partial charge in [0.1, 0.15) is 0 Å². The first-order valence-electron chi connectivity index (χ1n) is 7.39. The maximum atomic E-state index is 11.3. The average molecular weight is 370 g/mol. The number of ether oxygens (including phenoxy) is 2. The summed E-state index contributed by atoms with van der Waals surface area (Å²) in [5.74, 6) is -1.03. The molecule has 0 fully saturated rings. The average Bonchev–Trinajstić information content (AvgIpc) is 2.57. The van der Waals surface area contributed by atoms with Crippen LogP contribution in [0.4, 0.5) is 4.79 Å². The molecule has 0 saturated heterocycles. The van der Waals surface area contributed by atoms with Gasteiger partial charge in [0.15, 0.2) is 16.6 Å². The standard InChI is InChI=1S/C10H18N2O4.C5H8N4O/c1-9(2,7(13)15-5)11-12-10(3,4)8(14)16-6;1-5(2,3-6)9-8-4(7)10/h1-6H3;1-2H3,(H2,7,10). The highest BCUT2D eigenvalue weighted by Gasteiger charge is 2.33. The van der Waals surface area contributed by atoms with Gasteiger partial charge in [-0.25, -0.2) is 14.4 Å². The Morgan fingerprint density at radius 2 is 1.19 bits per heavy atom. The van der Waals surface area contributed by atoms with Crippen molar-refractivity contribution in [3.05, 3.63) is 0 Å². The lowest BCUT2D eigenvalue weighted by Crippen LogP contribution is -2.34. The van der Waals surface area contributed by atoms with E-state index < -0.39 is 34.6 Å². The molecule has 11 nitrogen and oxygen atoms in total. The van der Waals surface area contributed by atoms with E-state index in [0.717, 1.165) is 0 Å². The van der Waals surface area contributed by atoms with Crippen LogP contribution in [-0.4, -0.2) is 48.8 Å². The first kappa shape index (κ1) is 25.3. The summed E-state index contributed by atoms with van der Waals surface area (Å²) in [6, 6.07) is 0.943. The third-order valence-corrected chi connectivity index (χ3v) is 2.59. The largest absolute Gasteiger partial charge is 0.467 e. The highest BCUT2D eigenvalue weighted by molar-refractivity contribution is 5.81. The van der Waals surface area contributed by atoms with Crippen molar-refractivity contribution in [2.45, 2.75) is 58.2 Å². The molecule has 11 heteroatoms. The van der Waals surface area contributed by atoms with Gasteiger partial charge in [0.25, 0.3) is 0 Å². The molecule has 0 spiro atoms. The SMILES string of the molecule is CC(C)(C#N)N=NC(N)=O.COC(=O)C(C)(C)N=NC(C)(C)C(=O)OC. The van der Waals surface area contributed by atoms with E-state index in [0.29, 0.717) is 0 Å². The molecule has 2 amide bonds. The Bertz CT molecular complexity index is 587.